The van der Waals surface area contributed by atoms with Crippen LogP contribution in [0.3, 0.4) is 0 Å². The zero-order valence-electron chi connectivity index (χ0n) is 25.0. The van der Waals surface area contributed by atoms with Crippen molar-refractivity contribution in [2.24, 2.45) is 5.73 Å². The number of pyridine rings is 1. The van der Waals surface area contributed by atoms with E-state index >= 15 is 4.39 Å². The van der Waals surface area contributed by atoms with Gasteiger partial charge in [-0.3, -0.25) is 9.78 Å². The molecule has 0 bridgehead atoms. The van der Waals surface area contributed by atoms with Crippen molar-refractivity contribution in [3.8, 4) is 40.4 Å². The van der Waals surface area contributed by atoms with Crippen molar-refractivity contribution in [1.82, 2.24) is 15.0 Å². The van der Waals surface area contributed by atoms with Crippen LogP contribution in [0.25, 0.3) is 22.5 Å². The topological polar surface area (TPSA) is 174 Å². The number of aromatic nitrogens is 3. The van der Waals surface area contributed by atoms with Gasteiger partial charge < -0.3 is 25.8 Å². The number of halogens is 1. The quantitative estimate of drug-likeness (QED) is 0.236. The maximum atomic E-state index is 15.5. The number of benzene rings is 2. The molecule has 0 radical (unpaired) electrons. The van der Waals surface area contributed by atoms with Gasteiger partial charge in [0.25, 0.3) is 5.91 Å². The molecule has 1 fully saturated rings. The number of nitrogens with two attached hydrogens (primary N) is 1. The molecule has 0 spiro atoms. The molecule has 2 atom stereocenters. The van der Waals surface area contributed by atoms with Gasteiger partial charge in [0.05, 0.1) is 46.8 Å². The molecule has 3 heterocycles. The number of amides is 1. The summed E-state index contributed by atoms with van der Waals surface area (Å²) in [6, 6.07) is 14.6. The molecule has 11 nitrogen and oxygen atoms in total. The third-order valence-electron chi connectivity index (χ3n) is 7.22. The van der Waals surface area contributed by atoms with E-state index in [1.807, 2.05) is 17.0 Å². The minimum atomic E-state index is -0.859. The molecule has 5 rings (SSSR count). The van der Waals surface area contributed by atoms with Gasteiger partial charge in [-0.2, -0.15) is 10.5 Å². The number of hydrogen-bond acceptors (Lipinski definition) is 10. The molecule has 1 aliphatic heterocycles. The molecule has 2 aromatic carbocycles. The van der Waals surface area contributed by atoms with Crippen LogP contribution in [-0.2, 0) is 0 Å². The van der Waals surface area contributed by atoms with E-state index in [0.717, 1.165) is 0 Å². The summed E-state index contributed by atoms with van der Waals surface area (Å²) in [5, 5.41) is 31.4. The summed E-state index contributed by atoms with van der Waals surface area (Å²) in [5.41, 5.74) is 8.56. The molecule has 1 aliphatic rings. The molecule has 222 valence electrons. The van der Waals surface area contributed by atoms with Gasteiger partial charge in [-0.25, -0.2) is 14.4 Å². The fraction of sp³-hybridized carbons (Fsp3) is 0.200. The average molecular weight is 600 g/mol. The summed E-state index contributed by atoms with van der Waals surface area (Å²) in [6.45, 7) is 0.279. The fourth-order valence-corrected chi connectivity index (χ4v) is 5.25. The molecule has 2 aromatic heterocycles. The Morgan fingerprint density at radius 2 is 1.93 bits per heavy atom. The number of nitriles is 2. The van der Waals surface area contributed by atoms with Crippen LogP contribution >= 0.6 is 0 Å². The summed E-state index contributed by atoms with van der Waals surface area (Å²) >= 11 is 0. The summed E-state index contributed by atoms with van der Waals surface area (Å²) in [4.78, 5) is 28.3. The molecule has 0 aliphatic carbocycles. The van der Waals surface area contributed by atoms with Crippen LogP contribution in [0, 0.1) is 28.5 Å². The van der Waals surface area contributed by atoms with Crippen molar-refractivity contribution in [2.75, 3.05) is 23.4 Å². The Morgan fingerprint density at radius 1 is 1.16 bits per heavy atom. The predicted molar refractivity (Wildman–Crippen MR) is 174 cm³/mol. The number of nitrogens with zero attached hydrogens (tertiary/aromatic N) is 6. The van der Waals surface area contributed by atoms with Crippen LogP contribution in [0.4, 0.5) is 15.8 Å². The number of aliphatic hydroxyl groups is 1. The van der Waals surface area contributed by atoms with E-state index in [1.54, 1.807) is 47.9 Å². The Hall–Kier alpha value is -5.24. The van der Waals surface area contributed by atoms with Crippen LogP contribution in [0.1, 0.15) is 28.0 Å². The normalized spacial score (nSPS) is 16.1. The number of carbonyl (C=O) groups excluding carboxylic acids is 1. The standard InChI is InChI=1S/C30H28B3FN8O3/c31-30(32,33)45-25-4-2-18(12-36)27(34)26(25)28-39-8-6-23(40-28)29(44)41-22-3-1-16(21-13-38-7-5-17(21)11-35)9-24(22)42-14-19(37)10-20(42)15-43/h1-9,13,19-20,43H,10,14-15,31-33,37H2,(H,41,44)/t19-,20-/m0/s1. The van der Waals surface area contributed by atoms with Gasteiger partial charge in [-0.15, -0.1) is 0 Å². The number of nitrogens with one attached hydrogen (secondary N) is 1. The lowest BCUT2D eigenvalue weighted by Gasteiger charge is -2.28. The largest absolute Gasteiger partial charge is 0.513 e. The number of hydrogen-bond donors (Lipinski definition) is 3. The Kier molecular flexibility index (Phi) is 8.86. The maximum Gasteiger partial charge on any atom is 0.274 e. The minimum Gasteiger partial charge on any atom is -0.513 e. The molecule has 4 N–H and O–H groups in total. The van der Waals surface area contributed by atoms with Crippen molar-refractivity contribution in [3.05, 3.63) is 83.7 Å². The Balaban J connectivity index is 1.55. The van der Waals surface area contributed by atoms with Gasteiger partial charge >= 0.3 is 0 Å². The number of ether oxygens (including phenoxy) is 1. The highest BCUT2D eigenvalue weighted by Gasteiger charge is 2.32. The smallest absolute Gasteiger partial charge is 0.274 e. The number of carbonyl (C=O) groups is 1. The van der Waals surface area contributed by atoms with Crippen molar-refractivity contribution in [3.63, 3.8) is 0 Å². The zero-order valence-corrected chi connectivity index (χ0v) is 25.0. The van der Waals surface area contributed by atoms with Gasteiger partial charge in [0.15, 0.2) is 11.6 Å². The molecule has 0 unspecified atom stereocenters. The van der Waals surface area contributed by atoms with E-state index in [4.69, 9.17) is 10.5 Å². The molecule has 0 saturated carbocycles. The second kappa shape index (κ2) is 12.8. The van der Waals surface area contributed by atoms with Crippen molar-refractivity contribution < 1.29 is 19.0 Å². The van der Waals surface area contributed by atoms with E-state index in [9.17, 15) is 20.4 Å². The molecular weight excluding hydrogens is 572 g/mol. The Labute approximate surface area is 262 Å². The van der Waals surface area contributed by atoms with Gasteiger partial charge in [0.2, 0.25) is 0 Å². The monoisotopic (exact) mass is 600 g/mol. The second-order valence-electron chi connectivity index (χ2n) is 11.6. The first-order chi connectivity index (χ1) is 21.5. The summed E-state index contributed by atoms with van der Waals surface area (Å²) < 4.78 is 21.4. The third kappa shape index (κ3) is 6.65. The molecule has 4 aromatic rings. The highest BCUT2D eigenvalue weighted by atomic mass is 19.1. The van der Waals surface area contributed by atoms with E-state index in [0.29, 0.717) is 41.0 Å². The first kappa shape index (κ1) is 31.2. The van der Waals surface area contributed by atoms with Crippen molar-refractivity contribution in [1.29, 1.82) is 10.5 Å². The van der Waals surface area contributed by atoms with Crippen LogP contribution < -0.4 is 20.7 Å². The lowest BCUT2D eigenvalue weighted by Crippen LogP contribution is -2.37. The summed E-state index contributed by atoms with van der Waals surface area (Å²) in [7, 11) is 5.39. The fourth-order valence-electron chi connectivity index (χ4n) is 5.25. The summed E-state index contributed by atoms with van der Waals surface area (Å²) in [5.74, 6) is -1.46. The average Bonchev–Trinajstić information content (AvgIpc) is 3.41. The lowest BCUT2D eigenvalue weighted by molar-refractivity contribution is 0.102. The van der Waals surface area contributed by atoms with Crippen LogP contribution in [0.15, 0.2) is 61.1 Å². The third-order valence-corrected chi connectivity index (χ3v) is 7.22. The molecule has 1 amide bonds. The van der Waals surface area contributed by atoms with Crippen molar-refractivity contribution >= 4 is 40.8 Å². The van der Waals surface area contributed by atoms with E-state index in [-0.39, 0.29) is 47.1 Å². The zero-order chi connectivity index (χ0) is 32.3. The number of anilines is 2. The SMILES string of the molecule is BC(B)(B)Oc1ccc(C#N)c(F)c1-c1nccc(C(=O)Nc2ccc(-c3cnccc3C#N)cc2N2C[C@@H](N)C[C@H]2CO)n1. The minimum absolute atomic E-state index is 0.0608. The Bertz CT molecular complexity index is 1860. The molecular formula is C30H28B3FN8O3. The summed E-state index contributed by atoms with van der Waals surface area (Å²) in [6.07, 6.45) is 5.00. The first-order valence-electron chi connectivity index (χ1n) is 14.2. The van der Waals surface area contributed by atoms with Crippen molar-refractivity contribution in [2.45, 2.75) is 23.8 Å². The first-order valence-corrected chi connectivity index (χ1v) is 14.2. The van der Waals surface area contributed by atoms with Crippen LogP contribution in [-0.4, -0.2) is 80.0 Å². The van der Waals surface area contributed by atoms with E-state index < -0.39 is 17.0 Å². The molecule has 1 saturated heterocycles. The molecule has 15 heteroatoms. The predicted octanol–water partition coefficient (Wildman–Crippen LogP) is 0.128. The van der Waals surface area contributed by atoms with Crippen LogP contribution in [0.5, 0.6) is 5.75 Å². The van der Waals surface area contributed by atoms with Gasteiger partial charge in [0, 0.05) is 42.0 Å². The van der Waals surface area contributed by atoms with E-state index in [1.165, 1.54) is 30.6 Å². The Morgan fingerprint density at radius 3 is 2.64 bits per heavy atom. The highest BCUT2D eigenvalue weighted by molar-refractivity contribution is 6.58. The number of rotatable bonds is 8. The number of aliphatic hydroxyl groups excluding tert-OH is 1. The van der Waals surface area contributed by atoms with Gasteiger partial charge in [-0.05, 0) is 48.4 Å². The van der Waals surface area contributed by atoms with Crippen LogP contribution in [0.2, 0.25) is 0 Å². The van der Waals surface area contributed by atoms with Gasteiger partial charge in [-0.1, -0.05) is 6.07 Å². The van der Waals surface area contributed by atoms with E-state index in [2.05, 4.69) is 26.3 Å². The second-order valence-corrected chi connectivity index (χ2v) is 11.6. The maximum absolute atomic E-state index is 15.5. The highest BCUT2D eigenvalue weighted by Crippen LogP contribution is 2.37. The van der Waals surface area contributed by atoms with Gasteiger partial charge in [0.1, 0.15) is 41.1 Å². The molecule has 45 heavy (non-hydrogen) atoms. The lowest BCUT2D eigenvalue weighted by atomic mass is 9.52.